The molecule has 0 aromatic heterocycles. The number of aryl methyl sites for hydroxylation is 1. The Hall–Kier alpha value is -1.53. The van der Waals surface area contributed by atoms with Crippen LogP contribution in [-0.4, -0.2) is 13.6 Å². The van der Waals surface area contributed by atoms with Gasteiger partial charge in [0.2, 0.25) is 0 Å². The van der Waals surface area contributed by atoms with Crippen molar-refractivity contribution < 1.29 is 4.39 Å². The second kappa shape index (κ2) is 5.00. The van der Waals surface area contributed by atoms with Crippen LogP contribution in [0.5, 0.6) is 0 Å². The molecule has 16 heavy (non-hydrogen) atoms. The molecule has 0 aliphatic carbocycles. The highest BCUT2D eigenvalue weighted by Crippen LogP contribution is 2.27. The first kappa shape index (κ1) is 12.5. The molecular weight excluding hydrogens is 203 g/mol. The van der Waals surface area contributed by atoms with Crippen molar-refractivity contribution in [1.29, 1.82) is 0 Å². The highest BCUT2D eigenvalue weighted by Gasteiger charge is 2.13. The van der Waals surface area contributed by atoms with Crippen molar-refractivity contribution in [3.05, 3.63) is 29.1 Å². The summed E-state index contributed by atoms with van der Waals surface area (Å²) in [4.78, 5) is 1.89. The number of hydrogen-bond donors (Lipinski definition) is 1. The third-order valence-electron chi connectivity index (χ3n) is 2.54. The zero-order chi connectivity index (χ0) is 12.3. The largest absolute Gasteiger partial charge is 0.363 e. The van der Waals surface area contributed by atoms with Crippen LogP contribution >= 0.6 is 0 Å². The van der Waals surface area contributed by atoms with Crippen molar-refractivity contribution in [2.45, 2.75) is 19.9 Å². The Morgan fingerprint density at radius 1 is 1.56 bits per heavy atom. The summed E-state index contributed by atoms with van der Waals surface area (Å²) >= 11 is 0. The first-order valence-corrected chi connectivity index (χ1v) is 5.17. The second-order valence-electron chi connectivity index (χ2n) is 4.01. The van der Waals surface area contributed by atoms with E-state index >= 15 is 0 Å². The lowest BCUT2D eigenvalue weighted by molar-refractivity contribution is 0.613. The molecule has 1 aromatic carbocycles. The summed E-state index contributed by atoms with van der Waals surface area (Å²) in [6, 6.07) is 3.05. The summed E-state index contributed by atoms with van der Waals surface area (Å²) in [5, 5.41) is 0. The van der Waals surface area contributed by atoms with Gasteiger partial charge in [-0.15, -0.1) is 6.42 Å². The van der Waals surface area contributed by atoms with Crippen molar-refractivity contribution in [2.75, 3.05) is 18.5 Å². The van der Waals surface area contributed by atoms with Crippen LogP contribution < -0.4 is 10.6 Å². The van der Waals surface area contributed by atoms with Gasteiger partial charge in [-0.05, 0) is 37.1 Å². The van der Waals surface area contributed by atoms with Gasteiger partial charge in [0.05, 0.1) is 6.54 Å². The lowest BCUT2D eigenvalue weighted by Gasteiger charge is -2.22. The predicted molar refractivity (Wildman–Crippen MR) is 65.8 cm³/mol. The van der Waals surface area contributed by atoms with Crippen LogP contribution in [0.3, 0.4) is 0 Å². The zero-order valence-corrected chi connectivity index (χ0v) is 9.92. The number of halogens is 1. The normalized spacial score (nSPS) is 12.0. The Balaban J connectivity index is 3.25. The maximum atomic E-state index is 13.5. The lowest BCUT2D eigenvalue weighted by Crippen LogP contribution is -2.21. The molecule has 0 unspecified atom stereocenters. The molecule has 0 aliphatic rings. The molecule has 0 aliphatic heterocycles. The van der Waals surface area contributed by atoms with E-state index in [0.717, 1.165) is 11.3 Å². The number of nitrogens with two attached hydrogens (primary N) is 1. The van der Waals surface area contributed by atoms with E-state index < -0.39 is 0 Å². The molecule has 0 bridgehead atoms. The number of nitrogens with zero attached hydrogens (tertiary/aromatic N) is 1. The van der Waals surface area contributed by atoms with Gasteiger partial charge in [-0.1, -0.05) is 5.92 Å². The van der Waals surface area contributed by atoms with Crippen LogP contribution in [0.1, 0.15) is 24.1 Å². The number of benzene rings is 1. The summed E-state index contributed by atoms with van der Waals surface area (Å²) < 4.78 is 13.5. The molecule has 0 amide bonds. The monoisotopic (exact) mass is 220 g/mol. The first-order valence-electron chi connectivity index (χ1n) is 5.17. The Kier molecular flexibility index (Phi) is 3.92. The fraction of sp³-hybridized carbons (Fsp3) is 0.385. The molecule has 2 nitrogen and oxygen atoms in total. The maximum Gasteiger partial charge on any atom is 0.126 e. The summed E-state index contributed by atoms with van der Waals surface area (Å²) in [6.45, 7) is 4.04. The van der Waals surface area contributed by atoms with E-state index in [0.29, 0.717) is 12.1 Å². The highest BCUT2D eigenvalue weighted by molar-refractivity contribution is 5.57. The summed E-state index contributed by atoms with van der Waals surface area (Å²) in [5.41, 5.74) is 8.10. The second-order valence-corrected chi connectivity index (χ2v) is 4.01. The Morgan fingerprint density at radius 3 is 2.69 bits per heavy atom. The van der Waals surface area contributed by atoms with Crippen molar-refractivity contribution in [3.63, 3.8) is 0 Å². The number of rotatable bonds is 3. The minimum atomic E-state index is -0.231. The molecule has 0 radical (unpaired) electrons. The molecule has 86 valence electrons. The quantitative estimate of drug-likeness (QED) is 0.791. The van der Waals surface area contributed by atoms with E-state index in [-0.39, 0.29) is 11.9 Å². The average molecular weight is 220 g/mol. The van der Waals surface area contributed by atoms with Gasteiger partial charge in [-0.25, -0.2) is 4.39 Å². The summed E-state index contributed by atoms with van der Waals surface area (Å²) in [7, 11) is 1.87. The summed E-state index contributed by atoms with van der Waals surface area (Å²) in [6.07, 6.45) is 5.26. The Labute approximate surface area is 96.3 Å². The topological polar surface area (TPSA) is 29.3 Å². The van der Waals surface area contributed by atoms with Gasteiger partial charge < -0.3 is 10.6 Å². The summed E-state index contributed by atoms with van der Waals surface area (Å²) in [5.74, 6) is 2.33. The molecule has 0 saturated heterocycles. The molecule has 0 fully saturated rings. The van der Waals surface area contributed by atoms with Crippen molar-refractivity contribution in [1.82, 2.24) is 0 Å². The SMILES string of the molecule is C#CCN(C)c1cc(C)c(F)cc1[C@@H](C)N. The van der Waals surface area contributed by atoms with E-state index in [1.807, 2.05) is 18.9 Å². The maximum absolute atomic E-state index is 13.5. The minimum Gasteiger partial charge on any atom is -0.363 e. The van der Waals surface area contributed by atoms with E-state index in [2.05, 4.69) is 5.92 Å². The Morgan fingerprint density at radius 2 is 2.19 bits per heavy atom. The van der Waals surface area contributed by atoms with Gasteiger partial charge in [0, 0.05) is 18.8 Å². The third kappa shape index (κ3) is 2.53. The van der Waals surface area contributed by atoms with Gasteiger partial charge in [-0.2, -0.15) is 0 Å². The molecule has 3 heteroatoms. The number of terminal acetylenes is 1. The number of hydrogen-bond acceptors (Lipinski definition) is 2. The van der Waals surface area contributed by atoms with Crippen molar-refractivity contribution >= 4 is 5.69 Å². The minimum absolute atomic E-state index is 0.217. The van der Waals surface area contributed by atoms with Crippen LogP contribution in [0, 0.1) is 25.1 Å². The molecule has 1 atom stereocenters. The van der Waals surface area contributed by atoms with Crippen LogP contribution in [-0.2, 0) is 0 Å². The van der Waals surface area contributed by atoms with E-state index in [4.69, 9.17) is 12.2 Å². The molecule has 0 spiro atoms. The van der Waals surface area contributed by atoms with E-state index in [1.165, 1.54) is 6.07 Å². The fourth-order valence-electron chi connectivity index (χ4n) is 1.60. The van der Waals surface area contributed by atoms with Crippen LogP contribution in [0.15, 0.2) is 12.1 Å². The van der Waals surface area contributed by atoms with E-state index in [9.17, 15) is 4.39 Å². The van der Waals surface area contributed by atoms with Gasteiger partial charge in [0.1, 0.15) is 5.82 Å². The Bertz CT molecular complexity index is 419. The third-order valence-corrected chi connectivity index (χ3v) is 2.54. The molecule has 0 heterocycles. The number of anilines is 1. The standard InChI is InChI=1S/C13H17FN2/c1-5-6-16(4)13-7-9(2)12(14)8-11(13)10(3)15/h1,7-8,10H,6,15H2,2-4H3/t10-/m1/s1. The van der Waals surface area contributed by atoms with Crippen LogP contribution in [0.25, 0.3) is 0 Å². The van der Waals surface area contributed by atoms with Gasteiger partial charge >= 0.3 is 0 Å². The van der Waals surface area contributed by atoms with Crippen molar-refractivity contribution in [2.24, 2.45) is 5.73 Å². The molecule has 1 rings (SSSR count). The zero-order valence-electron chi connectivity index (χ0n) is 9.92. The lowest BCUT2D eigenvalue weighted by atomic mass is 10.0. The molecule has 1 aromatic rings. The smallest absolute Gasteiger partial charge is 0.126 e. The van der Waals surface area contributed by atoms with Crippen LogP contribution in [0.4, 0.5) is 10.1 Å². The molecule has 2 N–H and O–H groups in total. The highest BCUT2D eigenvalue weighted by atomic mass is 19.1. The molecule has 0 saturated carbocycles. The predicted octanol–water partition coefficient (Wildman–Crippen LogP) is 2.22. The van der Waals surface area contributed by atoms with Crippen LogP contribution in [0.2, 0.25) is 0 Å². The van der Waals surface area contributed by atoms with Gasteiger partial charge in [0.25, 0.3) is 0 Å². The first-order chi connectivity index (χ1) is 7.47. The van der Waals surface area contributed by atoms with Crippen molar-refractivity contribution in [3.8, 4) is 12.3 Å². The van der Waals surface area contributed by atoms with Gasteiger partial charge in [0.15, 0.2) is 0 Å². The average Bonchev–Trinajstić information content (AvgIpc) is 2.21. The van der Waals surface area contributed by atoms with Gasteiger partial charge in [-0.3, -0.25) is 0 Å². The fourth-order valence-corrected chi connectivity index (χ4v) is 1.60. The van der Waals surface area contributed by atoms with E-state index in [1.54, 1.807) is 13.0 Å². The molecular formula is C13H17FN2.